The second kappa shape index (κ2) is 6.60. The highest BCUT2D eigenvalue weighted by atomic mass is 79.9. The van der Waals surface area contributed by atoms with Crippen LogP contribution < -0.4 is 10.6 Å². The fourth-order valence-electron chi connectivity index (χ4n) is 6.15. The fraction of sp³-hybridized carbons (Fsp3) is 0.650. The number of rotatable bonds is 4. The molecule has 2 N–H and O–H groups in total. The van der Waals surface area contributed by atoms with E-state index in [-0.39, 0.29) is 0 Å². The minimum absolute atomic E-state index is 0.495. The molecule has 24 heavy (non-hydrogen) atoms. The summed E-state index contributed by atoms with van der Waals surface area (Å²) in [5.74, 6) is 2.96. The van der Waals surface area contributed by atoms with E-state index < -0.39 is 0 Å². The molecule has 1 aromatic carbocycles. The third kappa shape index (κ3) is 3.24. The van der Waals surface area contributed by atoms with E-state index in [1.807, 2.05) is 12.1 Å². The Labute approximate surface area is 159 Å². The molecule has 1 aromatic rings. The molecule has 0 heterocycles. The molecular weight excluding hydrogens is 380 g/mol. The van der Waals surface area contributed by atoms with Crippen LogP contribution in [-0.4, -0.2) is 11.2 Å². The SMILES string of the molecule is CCC(NC(=S)Nc1ccc(Br)cc1)C12CC3CC(CC(C3)C1)C2. The van der Waals surface area contributed by atoms with E-state index >= 15 is 0 Å². The first-order chi connectivity index (χ1) is 11.6. The van der Waals surface area contributed by atoms with Gasteiger partial charge in [-0.2, -0.15) is 0 Å². The van der Waals surface area contributed by atoms with Crippen LogP contribution in [0, 0.1) is 23.2 Å². The Hall–Kier alpha value is -0.610. The predicted octanol–water partition coefficient (Wildman–Crippen LogP) is 5.73. The van der Waals surface area contributed by atoms with E-state index in [0.717, 1.165) is 39.4 Å². The van der Waals surface area contributed by atoms with Gasteiger partial charge in [0.25, 0.3) is 0 Å². The summed E-state index contributed by atoms with van der Waals surface area (Å²) in [7, 11) is 0. The summed E-state index contributed by atoms with van der Waals surface area (Å²) in [6.45, 7) is 2.32. The van der Waals surface area contributed by atoms with E-state index in [9.17, 15) is 0 Å². The minimum Gasteiger partial charge on any atom is -0.359 e. The van der Waals surface area contributed by atoms with E-state index in [4.69, 9.17) is 12.2 Å². The molecule has 1 unspecified atom stereocenters. The van der Waals surface area contributed by atoms with Crippen LogP contribution in [0.15, 0.2) is 28.7 Å². The Kier molecular flexibility index (Phi) is 4.63. The molecule has 0 aromatic heterocycles. The number of halogens is 1. The van der Waals surface area contributed by atoms with Gasteiger partial charge in [-0.05, 0) is 105 Å². The zero-order valence-corrected chi connectivity index (χ0v) is 16.8. The Balaban J connectivity index is 1.44. The zero-order chi connectivity index (χ0) is 16.7. The predicted molar refractivity (Wildman–Crippen MR) is 108 cm³/mol. The van der Waals surface area contributed by atoms with Gasteiger partial charge in [0.15, 0.2) is 5.11 Å². The van der Waals surface area contributed by atoms with Gasteiger partial charge in [0.2, 0.25) is 0 Å². The molecule has 4 aliphatic rings. The topological polar surface area (TPSA) is 24.1 Å². The maximum atomic E-state index is 5.63. The maximum Gasteiger partial charge on any atom is 0.171 e. The summed E-state index contributed by atoms with van der Waals surface area (Å²) in [5, 5.41) is 7.84. The van der Waals surface area contributed by atoms with Crippen molar-refractivity contribution < 1.29 is 0 Å². The first-order valence-corrected chi connectivity index (χ1v) is 10.6. The monoisotopic (exact) mass is 406 g/mol. The molecule has 1 atom stereocenters. The summed E-state index contributed by atoms with van der Waals surface area (Å²) < 4.78 is 1.09. The van der Waals surface area contributed by atoms with Gasteiger partial charge >= 0.3 is 0 Å². The van der Waals surface area contributed by atoms with E-state index in [1.165, 1.54) is 38.5 Å². The highest BCUT2D eigenvalue weighted by Crippen LogP contribution is 2.61. The summed E-state index contributed by atoms with van der Waals surface area (Å²) in [6, 6.07) is 8.72. The van der Waals surface area contributed by atoms with Crippen molar-refractivity contribution in [1.82, 2.24) is 5.32 Å². The van der Waals surface area contributed by atoms with Crippen LogP contribution in [0.1, 0.15) is 51.9 Å². The standard InChI is InChI=1S/C20H27BrN2S/c1-2-18(23-19(24)22-17-5-3-16(21)4-6-17)20-10-13-7-14(11-20)9-15(8-13)12-20/h3-6,13-15,18H,2,7-12H2,1H3,(H2,22,23,24). The zero-order valence-electron chi connectivity index (χ0n) is 14.4. The number of hydrogen-bond donors (Lipinski definition) is 2. The molecule has 130 valence electrons. The lowest BCUT2D eigenvalue weighted by atomic mass is 9.47. The number of thiocarbonyl (C=S) groups is 1. The molecule has 0 saturated heterocycles. The molecule has 0 aliphatic heterocycles. The molecule has 4 aliphatic carbocycles. The molecule has 4 bridgehead atoms. The van der Waals surface area contributed by atoms with Crippen LogP contribution in [-0.2, 0) is 0 Å². The van der Waals surface area contributed by atoms with Crippen molar-refractivity contribution in [3.63, 3.8) is 0 Å². The van der Waals surface area contributed by atoms with Crippen molar-refractivity contribution in [2.45, 2.75) is 57.9 Å². The molecule has 0 amide bonds. The van der Waals surface area contributed by atoms with Gasteiger partial charge < -0.3 is 10.6 Å². The van der Waals surface area contributed by atoms with Crippen molar-refractivity contribution in [2.24, 2.45) is 23.2 Å². The Morgan fingerprint density at radius 1 is 1.12 bits per heavy atom. The fourth-order valence-corrected chi connectivity index (χ4v) is 6.68. The third-order valence-electron chi connectivity index (χ3n) is 6.64. The lowest BCUT2D eigenvalue weighted by molar-refractivity contribution is -0.0709. The van der Waals surface area contributed by atoms with Gasteiger partial charge in [-0.15, -0.1) is 0 Å². The Bertz CT molecular complexity index is 577. The second-order valence-electron chi connectivity index (χ2n) is 8.35. The van der Waals surface area contributed by atoms with Crippen LogP contribution in [0.2, 0.25) is 0 Å². The quantitative estimate of drug-likeness (QED) is 0.624. The molecule has 4 heteroatoms. The molecule has 2 nitrogen and oxygen atoms in total. The molecule has 4 fully saturated rings. The van der Waals surface area contributed by atoms with Gasteiger partial charge in [-0.25, -0.2) is 0 Å². The normalized spacial score (nSPS) is 34.8. The average Bonchev–Trinajstić information content (AvgIpc) is 2.53. The number of benzene rings is 1. The first-order valence-electron chi connectivity index (χ1n) is 9.39. The van der Waals surface area contributed by atoms with Crippen LogP contribution >= 0.6 is 28.1 Å². The van der Waals surface area contributed by atoms with Crippen molar-refractivity contribution >= 4 is 38.9 Å². The summed E-state index contributed by atoms with van der Waals surface area (Å²) >= 11 is 9.11. The third-order valence-corrected chi connectivity index (χ3v) is 7.39. The van der Waals surface area contributed by atoms with Crippen LogP contribution in [0.4, 0.5) is 5.69 Å². The van der Waals surface area contributed by atoms with Crippen molar-refractivity contribution in [1.29, 1.82) is 0 Å². The van der Waals surface area contributed by atoms with Crippen LogP contribution in [0.25, 0.3) is 0 Å². The lowest BCUT2D eigenvalue weighted by Gasteiger charge is -2.59. The van der Waals surface area contributed by atoms with Crippen molar-refractivity contribution in [2.75, 3.05) is 5.32 Å². The molecule has 4 saturated carbocycles. The van der Waals surface area contributed by atoms with Gasteiger partial charge in [-0.3, -0.25) is 0 Å². The summed E-state index contributed by atoms with van der Waals surface area (Å²) in [5.41, 5.74) is 1.55. The smallest absolute Gasteiger partial charge is 0.171 e. The van der Waals surface area contributed by atoms with Gasteiger partial charge in [0, 0.05) is 16.2 Å². The van der Waals surface area contributed by atoms with Crippen molar-refractivity contribution in [3.8, 4) is 0 Å². The molecule has 0 radical (unpaired) electrons. The Morgan fingerprint density at radius 3 is 2.17 bits per heavy atom. The molecular formula is C20H27BrN2S. The first kappa shape index (κ1) is 16.8. The van der Waals surface area contributed by atoms with E-state index in [2.05, 4.69) is 45.6 Å². The number of anilines is 1. The summed E-state index contributed by atoms with van der Waals surface area (Å²) in [6.07, 6.45) is 9.92. The summed E-state index contributed by atoms with van der Waals surface area (Å²) in [4.78, 5) is 0. The van der Waals surface area contributed by atoms with E-state index in [1.54, 1.807) is 0 Å². The second-order valence-corrected chi connectivity index (χ2v) is 9.67. The lowest BCUT2D eigenvalue weighted by Crippen LogP contribution is -2.57. The van der Waals surface area contributed by atoms with E-state index in [0.29, 0.717) is 11.5 Å². The van der Waals surface area contributed by atoms with Gasteiger partial charge in [0.1, 0.15) is 0 Å². The largest absolute Gasteiger partial charge is 0.359 e. The minimum atomic E-state index is 0.495. The van der Waals surface area contributed by atoms with Gasteiger partial charge in [0.05, 0.1) is 0 Å². The van der Waals surface area contributed by atoms with Gasteiger partial charge in [-0.1, -0.05) is 22.9 Å². The number of nitrogens with one attached hydrogen (secondary N) is 2. The average molecular weight is 407 g/mol. The molecule has 5 rings (SSSR count). The molecule has 0 spiro atoms. The van der Waals surface area contributed by atoms with Crippen molar-refractivity contribution in [3.05, 3.63) is 28.7 Å². The highest BCUT2D eigenvalue weighted by molar-refractivity contribution is 9.10. The maximum absolute atomic E-state index is 5.63. The Morgan fingerprint density at radius 2 is 1.67 bits per heavy atom. The van der Waals surface area contributed by atoms with Crippen LogP contribution in [0.3, 0.4) is 0 Å². The highest BCUT2D eigenvalue weighted by Gasteiger charge is 2.53. The number of hydrogen-bond acceptors (Lipinski definition) is 1. The van der Waals surface area contributed by atoms with Crippen LogP contribution in [0.5, 0.6) is 0 Å².